The maximum atomic E-state index is 6.14. The number of para-hydroxylation sites is 2. The molecule has 0 aliphatic rings. The zero-order chi connectivity index (χ0) is 26.5. The van der Waals surface area contributed by atoms with E-state index in [1.165, 1.54) is 5.39 Å². The standard InChI is InChI=1S/C35H22N4O/c1-2-12-34-31(11-1)38-35(40-34)25-14-16-29-28-15-13-23(26-8-6-17-36-22-26)20-32(28)39(33(29)21-25)27-9-5-7-24(19-27)30-10-3-4-18-37-30/h1-22H. The molecule has 0 fully saturated rings. The summed E-state index contributed by atoms with van der Waals surface area (Å²) in [6, 6.07) is 39.5. The van der Waals surface area contributed by atoms with Crippen molar-refractivity contribution in [1.82, 2.24) is 19.5 Å². The van der Waals surface area contributed by atoms with Crippen LogP contribution in [0.15, 0.2) is 138 Å². The van der Waals surface area contributed by atoms with Crippen LogP contribution in [0.3, 0.4) is 0 Å². The monoisotopic (exact) mass is 514 g/mol. The van der Waals surface area contributed by atoms with Gasteiger partial charge in [-0.3, -0.25) is 9.97 Å². The average molecular weight is 515 g/mol. The number of nitrogens with zero attached hydrogens (tertiary/aromatic N) is 4. The molecule has 5 heteroatoms. The van der Waals surface area contributed by atoms with Crippen LogP contribution >= 0.6 is 0 Å². The predicted molar refractivity (Wildman–Crippen MR) is 160 cm³/mol. The first-order valence-corrected chi connectivity index (χ1v) is 13.2. The molecule has 0 bridgehead atoms. The summed E-state index contributed by atoms with van der Waals surface area (Å²) in [5, 5.41) is 2.34. The molecule has 0 amide bonds. The Morgan fingerprint density at radius 1 is 0.575 bits per heavy atom. The maximum Gasteiger partial charge on any atom is 0.227 e. The summed E-state index contributed by atoms with van der Waals surface area (Å²) >= 11 is 0. The van der Waals surface area contributed by atoms with Crippen LogP contribution in [-0.2, 0) is 0 Å². The molecule has 0 saturated carbocycles. The Morgan fingerprint density at radius 2 is 1.38 bits per heavy atom. The van der Waals surface area contributed by atoms with Crippen LogP contribution in [0, 0.1) is 0 Å². The van der Waals surface area contributed by atoms with Crippen LogP contribution < -0.4 is 0 Å². The SMILES string of the molecule is c1ccc(-c2cccc(-n3c4cc(-c5cccnc5)ccc4c4ccc(-c5nc6ccccc6o5)cc43)c2)nc1. The maximum absolute atomic E-state index is 6.14. The molecule has 4 heterocycles. The van der Waals surface area contributed by atoms with E-state index in [0.717, 1.165) is 61.2 Å². The fourth-order valence-electron chi connectivity index (χ4n) is 5.48. The van der Waals surface area contributed by atoms with Crippen LogP contribution in [0.25, 0.3) is 72.4 Å². The van der Waals surface area contributed by atoms with Crippen LogP contribution in [0.4, 0.5) is 0 Å². The smallest absolute Gasteiger partial charge is 0.227 e. The number of rotatable bonds is 4. The van der Waals surface area contributed by atoms with E-state index in [-0.39, 0.29) is 0 Å². The van der Waals surface area contributed by atoms with Gasteiger partial charge in [0.2, 0.25) is 5.89 Å². The third kappa shape index (κ3) is 3.68. The normalized spacial score (nSPS) is 11.5. The van der Waals surface area contributed by atoms with Crippen LogP contribution in [-0.4, -0.2) is 19.5 Å². The Bertz CT molecular complexity index is 2130. The largest absolute Gasteiger partial charge is 0.436 e. The minimum absolute atomic E-state index is 0.609. The number of pyridine rings is 2. The van der Waals surface area contributed by atoms with Gasteiger partial charge in [0, 0.05) is 51.7 Å². The average Bonchev–Trinajstić information content (AvgIpc) is 3.61. The molecule has 4 aromatic heterocycles. The Balaban J connectivity index is 1.40. The molecular formula is C35H22N4O. The molecule has 0 atom stereocenters. The Labute approximate surface area is 230 Å². The second kappa shape index (κ2) is 9.03. The summed E-state index contributed by atoms with van der Waals surface area (Å²) in [6.45, 7) is 0. The first-order chi connectivity index (χ1) is 19.8. The summed E-state index contributed by atoms with van der Waals surface area (Å²) in [4.78, 5) is 13.7. The molecule has 8 aromatic rings. The molecule has 8 rings (SSSR count). The van der Waals surface area contributed by atoms with Crippen molar-refractivity contribution < 1.29 is 4.42 Å². The van der Waals surface area contributed by atoms with Crippen LogP contribution in [0.2, 0.25) is 0 Å². The van der Waals surface area contributed by atoms with Gasteiger partial charge in [-0.05, 0) is 66.2 Å². The predicted octanol–water partition coefficient (Wildman–Crippen LogP) is 8.72. The number of benzene rings is 4. The lowest BCUT2D eigenvalue weighted by Crippen LogP contribution is -1.95. The van der Waals surface area contributed by atoms with E-state index >= 15 is 0 Å². The summed E-state index contributed by atoms with van der Waals surface area (Å²) in [6.07, 6.45) is 5.53. The minimum atomic E-state index is 0.609. The number of oxazole rings is 1. The second-order valence-corrected chi connectivity index (χ2v) is 9.79. The molecule has 0 aliphatic carbocycles. The van der Waals surface area contributed by atoms with Gasteiger partial charge in [-0.15, -0.1) is 0 Å². The molecule has 4 aromatic carbocycles. The van der Waals surface area contributed by atoms with Gasteiger partial charge >= 0.3 is 0 Å². The van der Waals surface area contributed by atoms with Crippen molar-refractivity contribution in [2.75, 3.05) is 0 Å². The van der Waals surface area contributed by atoms with E-state index in [2.05, 4.69) is 81.3 Å². The van der Waals surface area contributed by atoms with Gasteiger partial charge < -0.3 is 8.98 Å². The number of hydrogen-bond donors (Lipinski definition) is 0. The Hall–Kier alpha value is -5.55. The summed E-state index contributed by atoms with van der Waals surface area (Å²) in [7, 11) is 0. The highest BCUT2D eigenvalue weighted by atomic mass is 16.3. The number of aromatic nitrogens is 4. The molecular weight excluding hydrogens is 492 g/mol. The second-order valence-electron chi connectivity index (χ2n) is 9.79. The van der Waals surface area contributed by atoms with Gasteiger partial charge in [-0.2, -0.15) is 0 Å². The lowest BCUT2D eigenvalue weighted by atomic mass is 10.0. The Kier molecular flexibility index (Phi) is 5.07. The molecule has 0 aliphatic heterocycles. The van der Waals surface area contributed by atoms with Crippen molar-refractivity contribution in [1.29, 1.82) is 0 Å². The van der Waals surface area contributed by atoms with E-state index in [4.69, 9.17) is 9.40 Å². The summed E-state index contributed by atoms with van der Waals surface area (Å²) in [5.74, 6) is 0.609. The van der Waals surface area contributed by atoms with Gasteiger partial charge in [0.05, 0.1) is 16.7 Å². The van der Waals surface area contributed by atoms with Crippen molar-refractivity contribution in [3.05, 3.63) is 134 Å². The fraction of sp³-hybridized carbons (Fsp3) is 0. The molecule has 0 saturated heterocycles. The lowest BCUT2D eigenvalue weighted by molar-refractivity contribution is 0.620. The van der Waals surface area contributed by atoms with Crippen molar-refractivity contribution >= 4 is 32.9 Å². The molecule has 5 nitrogen and oxygen atoms in total. The van der Waals surface area contributed by atoms with Crippen molar-refractivity contribution in [2.45, 2.75) is 0 Å². The van der Waals surface area contributed by atoms with E-state index < -0.39 is 0 Å². The topological polar surface area (TPSA) is 56.7 Å². The van der Waals surface area contributed by atoms with E-state index in [1.54, 1.807) is 6.20 Å². The van der Waals surface area contributed by atoms with Crippen molar-refractivity contribution in [2.24, 2.45) is 0 Å². The van der Waals surface area contributed by atoms with Gasteiger partial charge in [0.15, 0.2) is 5.58 Å². The zero-order valence-corrected chi connectivity index (χ0v) is 21.4. The number of hydrogen-bond acceptors (Lipinski definition) is 4. The van der Waals surface area contributed by atoms with Crippen LogP contribution in [0.5, 0.6) is 0 Å². The molecule has 0 spiro atoms. The third-order valence-corrected chi connectivity index (χ3v) is 7.37. The van der Waals surface area contributed by atoms with E-state index in [9.17, 15) is 0 Å². The van der Waals surface area contributed by atoms with Gasteiger partial charge in [-0.1, -0.05) is 54.6 Å². The zero-order valence-electron chi connectivity index (χ0n) is 21.4. The first-order valence-electron chi connectivity index (χ1n) is 13.2. The quantitative estimate of drug-likeness (QED) is 0.236. The summed E-state index contributed by atoms with van der Waals surface area (Å²) in [5.41, 5.74) is 10.0. The van der Waals surface area contributed by atoms with Gasteiger partial charge in [0.25, 0.3) is 0 Å². The van der Waals surface area contributed by atoms with E-state index in [1.807, 2.05) is 60.9 Å². The highest BCUT2D eigenvalue weighted by molar-refractivity contribution is 6.11. The first kappa shape index (κ1) is 22.4. The highest BCUT2D eigenvalue weighted by Gasteiger charge is 2.17. The lowest BCUT2D eigenvalue weighted by Gasteiger charge is -2.11. The third-order valence-electron chi connectivity index (χ3n) is 7.37. The summed E-state index contributed by atoms with van der Waals surface area (Å²) < 4.78 is 8.46. The fourth-order valence-corrected chi connectivity index (χ4v) is 5.48. The molecule has 0 unspecified atom stereocenters. The van der Waals surface area contributed by atoms with Crippen molar-refractivity contribution in [3.8, 4) is 39.5 Å². The molecule has 0 radical (unpaired) electrons. The minimum Gasteiger partial charge on any atom is -0.436 e. The van der Waals surface area contributed by atoms with Gasteiger partial charge in [0.1, 0.15) is 5.52 Å². The van der Waals surface area contributed by atoms with Gasteiger partial charge in [-0.25, -0.2) is 4.98 Å². The highest BCUT2D eigenvalue weighted by Crippen LogP contribution is 2.37. The molecule has 0 N–H and O–H groups in total. The van der Waals surface area contributed by atoms with E-state index in [0.29, 0.717) is 5.89 Å². The van der Waals surface area contributed by atoms with Crippen LogP contribution in [0.1, 0.15) is 0 Å². The number of fused-ring (bicyclic) bond motifs is 4. The molecule has 40 heavy (non-hydrogen) atoms. The molecule has 188 valence electrons. The van der Waals surface area contributed by atoms with Crippen molar-refractivity contribution in [3.63, 3.8) is 0 Å². The Morgan fingerprint density at radius 3 is 2.17 bits per heavy atom.